The van der Waals surface area contributed by atoms with Crippen LogP contribution in [0, 0.1) is 0 Å². The monoisotopic (exact) mass is 445 g/mol. The number of halogens is 1. The second-order valence-corrected chi connectivity index (χ2v) is 5.60. The van der Waals surface area contributed by atoms with E-state index in [9.17, 15) is 0 Å². The lowest BCUT2D eigenvalue weighted by Gasteiger charge is -2.17. The number of methoxy groups -OCH3 is 1. The lowest BCUT2D eigenvalue weighted by molar-refractivity contribution is 0.200. The normalized spacial score (nSPS) is 14.7. The van der Waals surface area contributed by atoms with E-state index in [-0.39, 0.29) is 24.0 Å². The van der Waals surface area contributed by atoms with Crippen molar-refractivity contribution in [1.29, 1.82) is 0 Å². The van der Waals surface area contributed by atoms with Crippen molar-refractivity contribution in [3.8, 4) is 11.5 Å². The number of hydrogen-bond donors (Lipinski definition) is 2. The Balaban J connectivity index is 0.00000288. The maximum absolute atomic E-state index is 6.06. The van der Waals surface area contributed by atoms with Gasteiger partial charge in [0.25, 0.3) is 0 Å². The van der Waals surface area contributed by atoms with E-state index in [1.54, 1.807) is 20.2 Å². The number of aliphatic imine (C=N–C) groups is 1. The summed E-state index contributed by atoms with van der Waals surface area (Å²) in [6.45, 7) is 5.03. The van der Waals surface area contributed by atoms with E-state index in [1.807, 2.05) is 12.1 Å². The fourth-order valence-electron chi connectivity index (χ4n) is 2.68. The lowest BCUT2D eigenvalue weighted by atomic mass is 10.2. The molecule has 24 heavy (non-hydrogen) atoms. The number of benzene rings is 1. The second-order valence-electron chi connectivity index (χ2n) is 5.60. The molecule has 1 fully saturated rings. The molecule has 1 aliphatic rings. The summed E-state index contributed by atoms with van der Waals surface area (Å²) in [7, 11) is 3.43. The fourth-order valence-corrected chi connectivity index (χ4v) is 2.68. The van der Waals surface area contributed by atoms with Crippen LogP contribution in [0.4, 0.5) is 0 Å². The van der Waals surface area contributed by atoms with Crippen LogP contribution in [0.5, 0.6) is 11.5 Å². The Labute approximate surface area is 161 Å². The highest BCUT2D eigenvalue weighted by molar-refractivity contribution is 14.0. The Morgan fingerprint density at radius 3 is 2.67 bits per heavy atom. The largest absolute Gasteiger partial charge is 0.493 e. The number of guanidine groups is 1. The third-order valence-corrected chi connectivity index (χ3v) is 3.92. The van der Waals surface area contributed by atoms with Crippen molar-refractivity contribution >= 4 is 29.9 Å². The summed E-state index contributed by atoms with van der Waals surface area (Å²) in [5.41, 5.74) is 1.11. The van der Waals surface area contributed by atoms with Crippen LogP contribution in [0.25, 0.3) is 0 Å². The van der Waals surface area contributed by atoms with Gasteiger partial charge in [0.2, 0.25) is 0 Å². The molecule has 0 saturated heterocycles. The van der Waals surface area contributed by atoms with Crippen LogP contribution >= 0.6 is 24.0 Å². The molecule has 1 aliphatic carbocycles. The molecule has 0 spiro atoms. The van der Waals surface area contributed by atoms with Crippen LogP contribution in [-0.2, 0) is 6.54 Å². The minimum atomic E-state index is 0. The molecule has 0 atom stereocenters. The molecule has 0 amide bonds. The van der Waals surface area contributed by atoms with Crippen LogP contribution in [-0.4, -0.2) is 32.8 Å². The Hall–Kier alpha value is -1.44. The Bertz CT molecular complexity index is 543. The fraction of sp³-hybridized carbons (Fsp3) is 0.500. The number of nitrogens with zero attached hydrogens (tertiary/aromatic N) is 1. The van der Waals surface area contributed by atoms with E-state index in [0.29, 0.717) is 19.2 Å². The summed E-state index contributed by atoms with van der Waals surface area (Å²) in [5, 5.41) is 6.40. The summed E-state index contributed by atoms with van der Waals surface area (Å²) >= 11 is 0. The van der Waals surface area contributed by atoms with Gasteiger partial charge in [0, 0.05) is 20.1 Å². The Morgan fingerprint density at radius 2 is 2.04 bits per heavy atom. The van der Waals surface area contributed by atoms with E-state index in [4.69, 9.17) is 9.47 Å². The van der Waals surface area contributed by atoms with Gasteiger partial charge in [-0.2, -0.15) is 0 Å². The zero-order valence-corrected chi connectivity index (χ0v) is 16.8. The highest BCUT2D eigenvalue weighted by Crippen LogP contribution is 2.32. The predicted octanol–water partition coefficient (Wildman–Crippen LogP) is 3.49. The van der Waals surface area contributed by atoms with Crippen LogP contribution < -0.4 is 20.1 Å². The number of rotatable bonds is 7. The third kappa shape index (κ3) is 6.22. The molecule has 1 aromatic rings. The maximum atomic E-state index is 6.06. The van der Waals surface area contributed by atoms with E-state index in [0.717, 1.165) is 35.9 Å². The molecule has 0 aromatic heterocycles. The van der Waals surface area contributed by atoms with Crippen molar-refractivity contribution in [2.75, 3.05) is 20.7 Å². The van der Waals surface area contributed by atoms with Gasteiger partial charge in [-0.05, 0) is 43.4 Å². The summed E-state index contributed by atoms with van der Waals surface area (Å²) in [5.74, 6) is 2.36. The zero-order valence-electron chi connectivity index (χ0n) is 14.5. The first-order chi connectivity index (χ1) is 11.3. The summed E-state index contributed by atoms with van der Waals surface area (Å²) in [6.07, 6.45) is 6.91. The second kappa shape index (κ2) is 11.2. The Kier molecular flexibility index (Phi) is 9.59. The van der Waals surface area contributed by atoms with Gasteiger partial charge in [0.1, 0.15) is 0 Å². The number of nitrogens with one attached hydrogen (secondary N) is 2. The molecule has 0 heterocycles. The highest BCUT2D eigenvalue weighted by atomic mass is 127. The average Bonchev–Trinajstić information content (AvgIpc) is 3.09. The SMILES string of the molecule is C=CCNC(=NC)NCc1ccc(OC2CCCC2)c(OC)c1.I. The van der Waals surface area contributed by atoms with Gasteiger partial charge in [0.15, 0.2) is 17.5 Å². The van der Waals surface area contributed by atoms with Gasteiger partial charge in [-0.25, -0.2) is 0 Å². The lowest BCUT2D eigenvalue weighted by Crippen LogP contribution is -2.36. The van der Waals surface area contributed by atoms with Crippen LogP contribution in [0.2, 0.25) is 0 Å². The molecule has 2 rings (SSSR count). The smallest absolute Gasteiger partial charge is 0.191 e. The Morgan fingerprint density at radius 1 is 1.29 bits per heavy atom. The van der Waals surface area contributed by atoms with Gasteiger partial charge in [0.05, 0.1) is 13.2 Å². The first-order valence-corrected chi connectivity index (χ1v) is 8.15. The molecule has 1 aromatic carbocycles. The average molecular weight is 445 g/mol. The van der Waals surface area contributed by atoms with Crippen molar-refractivity contribution in [1.82, 2.24) is 10.6 Å². The van der Waals surface area contributed by atoms with Gasteiger partial charge in [-0.15, -0.1) is 30.6 Å². The first-order valence-electron chi connectivity index (χ1n) is 8.15. The van der Waals surface area contributed by atoms with Crippen molar-refractivity contribution < 1.29 is 9.47 Å². The molecular formula is C18H28IN3O2. The van der Waals surface area contributed by atoms with Gasteiger partial charge in [-0.3, -0.25) is 4.99 Å². The van der Waals surface area contributed by atoms with Gasteiger partial charge >= 0.3 is 0 Å². The molecule has 0 radical (unpaired) electrons. The van der Waals surface area contributed by atoms with Crippen molar-refractivity contribution in [2.45, 2.75) is 38.3 Å². The molecule has 2 N–H and O–H groups in total. The molecule has 0 bridgehead atoms. The number of hydrogen-bond acceptors (Lipinski definition) is 3. The molecule has 0 unspecified atom stereocenters. The summed E-state index contributed by atoms with van der Waals surface area (Å²) < 4.78 is 11.5. The minimum absolute atomic E-state index is 0. The molecule has 5 nitrogen and oxygen atoms in total. The zero-order chi connectivity index (χ0) is 16.5. The topological polar surface area (TPSA) is 54.9 Å². The molecule has 134 valence electrons. The van der Waals surface area contributed by atoms with Crippen molar-refractivity contribution in [3.63, 3.8) is 0 Å². The van der Waals surface area contributed by atoms with E-state index in [1.165, 1.54) is 12.8 Å². The highest BCUT2D eigenvalue weighted by Gasteiger charge is 2.18. The van der Waals surface area contributed by atoms with E-state index < -0.39 is 0 Å². The molecule has 0 aliphatic heterocycles. The minimum Gasteiger partial charge on any atom is -0.493 e. The van der Waals surface area contributed by atoms with Crippen molar-refractivity contribution in [2.24, 2.45) is 4.99 Å². The predicted molar refractivity (Wildman–Crippen MR) is 110 cm³/mol. The van der Waals surface area contributed by atoms with Gasteiger partial charge in [-0.1, -0.05) is 12.1 Å². The van der Waals surface area contributed by atoms with Crippen molar-refractivity contribution in [3.05, 3.63) is 36.4 Å². The molecular weight excluding hydrogens is 417 g/mol. The molecule has 1 saturated carbocycles. The van der Waals surface area contributed by atoms with Crippen LogP contribution in [0.1, 0.15) is 31.2 Å². The number of ether oxygens (including phenoxy) is 2. The van der Waals surface area contributed by atoms with Crippen LogP contribution in [0.3, 0.4) is 0 Å². The molecule has 6 heteroatoms. The maximum Gasteiger partial charge on any atom is 0.191 e. The summed E-state index contributed by atoms with van der Waals surface area (Å²) in [4.78, 5) is 4.16. The van der Waals surface area contributed by atoms with E-state index >= 15 is 0 Å². The third-order valence-electron chi connectivity index (χ3n) is 3.92. The standard InChI is InChI=1S/C18H27N3O2.HI/c1-4-11-20-18(19-2)21-13-14-9-10-16(17(12-14)22-3)23-15-7-5-6-8-15;/h4,9-10,12,15H,1,5-8,11,13H2,2-3H3,(H2,19,20,21);1H. The first kappa shape index (κ1) is 20.6. The van der Waals surface area contributed by atoms with Crippen LogP contribution in [0.15, 0.2) is 35.8 Å². The van der Waals surface area contributed by atoms with Gasteiger partial charge < -0.3 is 20.1 Å². The van der Waals surface area contributed by atoms with E-state index in [2.05, 4.69) is 28.3 Å². The summed E-state index contributed by atoms with van der Waals surface area (Å²) in [6, 6.07) is 6.06. The quantitative estimate of drug-likeness (QED) is 0.292.